The van der Waals surface area contributed by atoms with Gasteiger partial charge < -0.3 is 14.4 Å². The molecular weight excluding hydrogens is 344 g/mol. The van der Waals surface area contributed by atoms with Crippen LogP contribution >= 0.6 is 0 Å². The lowest BCUT2D eigenvalue weighted by Crippen LogP contribution is -2.48. The Hall–Kier alpha value is -3.67. The van der Waals surface area contributed by atoms with Crippen LogP contribution in [0.3, 0.4) is 0 Å². The molecular formula is C21H16N2O4. The van der Waals surface area contributed by atoms with Crippen LogP contribution in [-0.4, -0.2) is 29.8 Å². The van der Waals surface area contributed by atoms with Gasteiger partial charge in [0.05, 0.1) is 11.9 Å². The van der Waals surface area contributed by atoms with E-state index in [2.05, 4.69) is 4.98 Å². The molecule has 0 fully saturated rings. The number of nitrogens with zero attached hydrogens (tertiary/aromatic N) is 2. The quantitative estimate of drug-likeness (QED) is 0.526. The molecule has 1 unspecified atom stereocenters. The van der Waals surface area contributed by atoms with Crippen LogP contribution in [0.2, 0.25) is 0 Å². The van der Waals surface area contributed by atoms with Crippen molar-refractivity contribution in [2.75, 3.05) is 11.9 Å². The Balaban J connectivity index is 1.54. The zero-order valence-corrected chi connectivity index (χ0v) is 14.5. The maximum atomic E-state index is 12.8. The number of hydrogen-bond acceptors (Lipinski definition) is 5. The molecule has 4 rings (SSSR count). The monoisotopic (exact) mass is 360 g/mol. The summed E-state index contributed by atoms with van der Waals surface area (Å²) >= 11 is 0. The highest BCUT2D eigenvalue weighted by Crippen LogP contribution is 2.33. The Morgan fingerprint density at radius 2 is 1.74 bits per heavy atom. The zero-order valence-electron chi connectivity index (χ0n) is 14.5. The minimum atomic E-state index is -1.25. The molecule has 1 aliphatic rings. The number of ether oxygens (including phenoxy) is 2. The molecule has 6 heteroatoms. The van der Waals surface area contributed by atoms with E-state index in [0.717, 1.165) is 0 Å². The number of carbonyl (C=O) groups excluding carboxylic acids is 2. The van der Waals surface area contributed by atoms with Gasteiger partial charge >= 0.3 is 0 Å². The Labute approximate surface area is 156 Å². The lowest BCUT2D eigenvalue weighted by molar-refractivity contribution is -0.124. The molecule has 1 aromatic heterocycles. The van der Waals surface area contributed by atoms with E-state index in [1.54, 1.807) is 37.4 Å². The first-order valence-corrected chi connectivity index (χ1v) is 8.40. The van der Waals surface area contributed by atoms with Gasteiger partial charge in [0.1, 0.15) is 22.9 Å². The number of pyridine rings is 1. The van der Waals surface area contributed by atoms with Crippen molar-refractivity contribution in [2.24, 2.45) is 0 Å². The van der Waals surface area contributed by atoms with Crippen LogP contribution in [0.1, 0.15) is 10.5 Å². The van der Waals surface area contributed by atoms with E-state index in [1.807, 2.05) is 30.3 Å². The molecule has 0 radical (unpaired) electrons. The molecule has 6 nitrogen and oxygen atoms in total. The predicted octanol–water partition coefficient (Wildman–Crippen LogP) is 3.48. The fraction of sp³-hybridized carbons (Fsp3) is 0.0952. The third-order valence-electron chi connectivity index (χ3n) is 4.23. The minimum absolute atomic E-state index is 0.140. The first-order valence-electron chi connectivity index (χ1n) is 8.40. The van der Waals surface area contributed by atoms with E-state index in [9.17, 15) is 9.59 Å². The van der Waals surface area contributed by atoms with Gasteiger partial charge in [0.2, 0.25) is 11.9 Å². The van der Waals surface area contributed by atoms with Gasteiger partial charge in [-0.3, -0.25) is 9.59 Å². The summed E-state index contributed by atoms with van der Waals surface area (Å²) in [6.07, 6.45) is 0.198. The van der Waals surface area contributed by atoms with Crippen molar-refractivity contribution in [3.63, 3.8) is 0 Å². The van der Waals surface area contributed by atoms with Crippen molar-refractivity contribution in [3.8, 4) is 17.2 Å². The van der Waals surface area contributed by atoms with Crippen LogP contribution in [0, 0.1) is 0 Å². The van der Waals surface area contributed by atoms with E-state index >= 15 is 0 Å². The highest BCUT2D eigenvalue weighted by atomic mass is 16.5. The number of benzene rings is 2. The van der Waals surface area contributed by atoms with Crippen molar-refractivity contribution in [2.45, 2.75) is 6.10 Å². The van der Waals surface area contributed by atoms with Gasteiger partial charge in [0, 0.05) is 7.05 Å². The Bertz CT molecular complexity index is 987. The number of amides is 1. The van der Waals surface area contributed by atoms with E-state index in [1.165, 1.54) is 17.2 Å². The number of hydrogen-bond donors (Lipinski definition) is 0. The van der Waals surface area contributed by atoms with Crippen LogP contribution in [-0.2, 0) is 4.79 Å². The summed E-state index contributed by atoms with van der Waals surface area (Å²) in [5.74, 6) is 0.734. The van der Waals surface area contributed by atoms with Crippen LogP contribution in [0.25, 0.3) is 0 Å². The predicted molar refractivity (Wildman–Crippen MR) is 99.4 cm³/mol. The maximum Gasteiger partial charge on any atom is 0.276 e. The largest absolute Gasteiger partial charge is 0.470 e. The van der Waals surface area contributed by atoms with Crippen molar-refractivity contribution in [3.05, 3.63) is 78.6 Å². The number of likely N-dealkylation sites (N-methyl/N-ethyl adjacent to an activating group) is 1. The number of fused-ring (bicyclic) bond motifs is 1. The van der Waals surface area contributed by atoms with Crippen molar-refractivity contribution in [1.29, 1.82) is 0 Å². The molecule has 3 aromatic rings. The molecule has 0 bridgehead atoms. The van der Waals surface area contributed by atoms with Crippen molar-refractivity contribution in [1.82, 2.24) is 4.98 Å². The van der Waals surface area contributed by atoms with E-state index in [0.29, 0.717) is 22.9 Å². The lowest BCUT2D eigenvalue weighted by atomic mass is 10.1. The summed E-state index contributed by atoms with van der Waals surface area (Å²) in [5.41, 5.74) is 0.771. The topological polar surface area (TPSA) is 68.7 Å². The molecule has 2 aromatic carbocycles. The van der Waals surface area contributed by atoms with Crippen LogP contribution < -0.4 is 14.4 Å². The van der Waals surface area contributed by atoms with Gasteiger partial charge in [-0.1, -0.05) is 30.3 Å². The number of Topliss-reactive ketones (excluding diaryl/α,β-unsaturated/α-hetero) is 1. The zero-order chi connectivity index (χ0) is 18.8. The molecule has 27 heavy (non-hydrogen) atoms. The average molecular weight is 360 g/mol. The number of para-hydroxylation sites is 3. The second kappa shape index (κ2) is 6.92. The van der Waals surface area contributed by atoms with E-state index < -0.39 is 17.8 Å². The summed E-state index contributed by atoms with van der Waals surface area (Å²) in [5, 5.41) is 0. The molecule has 0 saturated carbocycles. The van der Waals surface area contributed by atoms with Crippen molar-refractivity contribution >= 4 is 17.4 Å². The fourth-order valence-electron chi connectivity index (χ4n) is 2.82. The standard InChI is InChI=1S/C21H16N2O4/c1-23-17-9-5-6-10-18(17)27-20(21(23)25)19(24)16-12-11-15(13-22-16)26-14-7-3-2-4-8-14/h2-13,20H,1H3. The Morgan fingerprint density at radius 1 is 1.00 bits per heavy atom. The summed E-state index contributed by atoms with van der Waals surface area (Å²) < 4.78 is 11.3. The summed E-state index contributed by atoms with van der Waals surface area (Å²) in [6, 6.07) is 19.5. The minimum Gasteiger partial charge on any atom is -0.470 e. The first-order chi connectivity index (χ1) is 13.1. The lowest BCUT2D eigenvalue weighted by Gasteiger charge is -2.30. The molecule has 1 atom stereocenters. The first kappa shape index (κ1) is 16.8. The highest BCUT2D eigenvalue weighted by Gasteiger charge is 2.38. The van der Waals surface area contributed by atoms with Crippen molar-refractivity contribution < 1.29 is 19.1 Å². The molecule has 2 heterocycles. The SMILES string of the molecule is CN1C(=O)C(C(=O)c2ccc(Oc3ccccc3)cn2)Oc2ccccc21. The number of carbonyl (C=O) groups is 2. The fourth-order valence-corrected chi connectivity index (χ4v) is 2.82. The maximum absolute atomic E-state index is 12.8. The van der Waals surface area contributed by atoms with Gasteiger partial charge in [-0.25, -0.2) is 4.98 Å². The van der Waals surface area contributed by atoms with Gasteiger partial charge in [0.25, 0.3) is 5.91 Å². The summed E-state index contributed by atoms with van der Waals surface area (Å²) in [4.78, 5) is 30.9. The van der Waals surface area contributed by atoms with Crippen LogP contribution in [0.5, 0.6) is 17.2 Å². The third-order valence-corrected chi connectivity index (χ3v) is 4.23. The third kappa shape index (κ3) is 3.25. The number of aromatic nitrogens is 1. The molecule has 0 saturated heterocycles. The van der Waals surface area contributed by atoms with Gasteiger partial charge in [-0.15, -0.1) is 0 Å². The molecule has 0 aliphatic carbocycles. The van der Waals surface area contributed by atoms with E-state index in [-0.39, 0.29) is 5.69 Å². The number of ketones is 1. The number of anilines is 1. The average Bonchev–Trinajstić information content (AvgIpc) is 2.71. The van der Waals surface area contributed by atoms with E-state index in [4.69, 9.17) is 9.47 Å². The molecule has 0 spiro atoms. The summed E-state index contributed by atoms with van der Waals surface area (Å²) in [7, 11) is 1.62. The van der Waals surface area contributed by atoms with Gasteiger partial charge in [0.15, 0.2) is 0 Å². The normalized spacial score (nSPS) is 15.7. The summed E-state index contributed by atoms with van der Waals surface area (Å²) in [6.45, 7) is 0. The highest BCUT2D eigenvalue weighted by molar-refractivity contribution is 6.17. The Kier molecular flexibility index (Phi) is 4.30. The second-order valence-electron chi connectivity index (χ2n) is 6.02. The smallest absolute Gasteiger partial charge is 0.276 e. The molecule has 1 amide bonds. The van der Waals surface area contributed by atoms with Gasteiger partial charge in [-0.05, 0) is 36.4 Å². The van der Waals surface area contributed by atoms with Gasteiger partial charge in [-0.2, -0.15) is 0 Å². The molecule has 1 aliphatic heterocycles. The number of rotatable bonds is 4. The van der Waals surface area contributed by atoms with Crippen LogP contribution in [0.15, 0.2) is 72.9 Å². The van der Waals surface area contributed by atoms with Crippen LogP contribution in [0.4, 0.5) is 5.69 Å². The molecule has 134 valence electrons. The second-order valence-corrected chi connectivity index (χ2v) is 6.02. The molecule has 0 N–H and O–H groups in total. The Morgan fingerprint density at radius 3 is 2.48 bits per heavy atom.